The van der Waals surface area contributed by atoms with Crippen LogP contribution in [0.4, 0.5) is 0 Å². The Balaban J connectivity index is 1.40. The third kappa shape index (κ3) is 4.94. The number of hydrogen-bond acceptors (Lipinski definition) is 4. The third-order valence-electron chi connectivity index (χ3n) is 4.42. The number of nitrogens with zero attached hydrogens (tertiary/aromatic N) is 2. The van der Waals surface area contributed by atoms with E-state index in [0.29, 0.717) is 24.1 Å². The maximum Gasteiger partial charge on any atom is 0.119 e. The molecule has 2 aromatic rings. The normalized spacial score (nSPS) is 17.6. The minimum Gasteiger partial charge on any atom is -0.491 e. The molecule has 0 saturated carbocycles. The maximum atomic E-state index is 10.2. The van der Waals surface area contributed by atoms with Crippen LogP contribution in [0.15, 0.2) is 48.7 Å². The van der Waals surface area contributed by atoms with Crippen LogP contribution in [0, 0.1) is 0 Å². The van der Waals surface area contributed by atoms with Crippen LogP contribution >= 0.6 is 11.6 Å². The molecule has 0 bridgehead atoms. The zero-order valence-electron chi connectivity index (χ0n) is 13.6. The average molecular weight is 347 g/mol. The smallest absolute Gasteiger partial charge is 0.119 e. The summed E-state index contributed by atoms with van der Waals surface area (Å²) in [6.45, 7) is 2.91. The van der Waals surface area contributed by atoms with Crippen LogP contribution in [-0.2, 0) is 0 Å². The summed E-state index contributed by atoms with van der Waals surface area (Å²) < 4.78 is 5.61. The lowest BCUT2D eigenvalue weighted by molar-refractivity contribution is 0.0593. The van der Waals surface area contributed by atoms with Crippen molar-refractivity contribution in [3.05, 3.63) is 59.4 Å². The summed E-state index contributed by atoms with van der Waals surface area (Å²) in [6.07, 6.45) is 3.54. The number of ether oxygens (including phenoxy) is 1. The van der Waals surface area contributed by atoms with Gasteiger partial charge in [0.1, 0.15) is 18.5 Å². The first kappa shape index (κ1) is 17.2. The molecule has 0 amide bonds. The zero-order valence-corrected chi connectivity index (χ0v) is 14.4. The minimum atomic E-state index is -0.493. The monoisotopic (exact) mass is 346 g/mol. The average Bonchev–Trinajstić information content (AvgIpc) is 2.63. The quantitative estimate of drug-likeness (QED) is 0.871. The van der Waals surface area contributed by atoms with Gasteiger partial charge in [-0.1, -0.05) is 17.7 Å². The van der Waals surface area contributed by atoms with Gasteiger partial charge in [0.15, 0.2) is 0 Å². The first-order valence-electron chi connectivity index (χ1n) is 8.40. The molecule has 0 aliphatic carbocycles. The standard InChI is InChI=1S/C19H23ClN2O2/c20-16-4-6-18(7-5-16)24-14-17(23)13-22-11-8-15(9-12-22)19-3-1-2-10-21-19/h1-7,10,15,17,23H,8-9,11-14H2. The highest BCUT2D eigenvalue weighted by Crippen LogP contribution is 2.26. The van der Waals surface area contributed by atoms with Crippen LogP contribution < -0.4 is 4.74 Å². The molecule has 4 nitrogen and oxygen atoms in total. The lowest BCUT2D eigenvalue weighted by atomic mass is 9.93. The van der Waals surface area contributed by atoms with Crippen LogP contribution in [0.25, 0.3) is 0 Å². The van der Waals surface area contributed by atoms with Crippen LogP contribution in [0.1, 0.15) is 24.5 Å². The highest BCUT2D eigenvalue weighted by atomic mass is 35.5. The van der Waals surface area contributed by atoms with E-state index in [1.807, 2.05) is 30.5 Å². The molecule has 5 heteroatoms. The molecule has 0 spiro atoms. The number of aliphatic hydroxyl groups excluding tert-OH is 1. The van der Waals surface area contributed by atoms with E-state index in [-0.39, 0.29) is 0 Å². The molecule has 1 aromatic carbocycles. The number of aromatic nitrogens is 1. The molecule has 1 aromatic heterocycles. The van der Waals surface area contributed by atoms with Crippen molar-refractivity contribution in [1.82, 2.24) is 9.88 Å². The van der Waals surface area contributed by atoms with Crippen LogP contribution in [0.2, 0.25) is 5.02 Å². The second-order valence-corrected chi connectivity index (χ2v) is 6.68. The van der Waals surface area contributed by atoms with Gasteiger partial charge in [-0.05, 0) is 62.3 Å². The van der Waals surface area contributed by atoms with Crippen molar-refractivity contribution in [3.63, 3.8) is 0 Å². The Labute approximate surface area is 148 Å². The first-order valence-corrected chi connectivity index (χ1v) is 8.78. The zero-order chi connectivity index (χ0) is 16.8. The van der Waals surface area contributed by atoms with E-state index < -0.39 is 6.10 Å². The van der Waals surface area contributed by atoms with Gasteiger partial charge < -0.3 is 14.7 Å². The van der Waals surface area contributed by atoms with Gasteiger partial charge in [-0.25, -0.2) is 0 Å². The minimum absolute atomic E-state index is 0.293. The topological polar surface area (TPSA) is 45.6 Å². The fourth-order valence-corrected chi connectivity index (χ4v) is 3.23. The Morgan fingerprint density at radius 3 is 2.58 bits per heavy atom. The van der Waals surface area contributed by atoms with Crippen molar-refractivity contribution in [2.24, 2.45) is 0 Å². The number of piperidine rings is 1. The number of likely N-dealkylation sites (tertiary alicyclic amines) is 1. The Kier molecular flexibility index (Phi) is 6.07. The fourth-order valence-electron chi connectivity index (χ4n) is 3.10. The lowest BCUT2D eigenvalue weighted by Crippen LogP contribution is -2.40. The Bertz CT molecular complexity index is 613. The predicted molar refractivity (Wildman–Crippen MR) is 95.6 cm³/mol. The van der Waals surface area contributed by atoms with Crippen molar-refractivity contribution in [1.29, 1.82) is 0 Å². The second kappa shape index (κ2) is 8.47. The molecule has 24 heavy (non-hydrogen) atoms. The molecule has 1 atom stereocenters. The molecule has 1 saturated heterocycles. The predicted octanol–water partition coefficient (Wildman–Crippen LogP) is 3.35. The van der Waals surface area contributed by atoms with Crippen molar-refractivity contribution in [3.8, 4) is 5.75 Å². The molecule has 0 radical (unpaired) electrons. The SMILES string of the molecule is OC(COc1ccc(Cl)cc1)CN1CCC(c2ccccn2)CC1. The summed E-state index contributed by atoms with van der Waals surface area (Å²) in [6, 6.07) is 13.3. The lowest BCUT2D eigenvalue weighted by Gasteiger charge is -2.32. The van der Waals surface area contributed by atoms with Crippen molar-refractivity contribution < 1.29 is 9.84 Å². The Morgan fingerprint density at radius 1 is 1.17 bits per heavy atom. The van der Waals surface area contributed by atoms with Gasteiger partial charge in [0.2, 0.25) is 0 Å². The highest BCUT2D eigenvalue weighted by molar-refractivity contribution is 6.30. The van der Waals surface area contributed by atoms with Crippen molar-refractivity contribution >= 4 is 11.6 Å². The molecule has 1 aliphatic rings. The third-order valence-corrected chi connectivity index (χ3v) is 4.67. The summed E-state index contributed by atoms with van der Waals surface area (Å²) in [5.41, 5.74) is 1.18. The first-order chi connectivity index (χ1) is 11.7. The number of halogens is 1. The van der Waals surface area contributed by atoms with E-state index in [9.17, 15) is 5.11 Å². The largest absolute Gasteiger partial charge is 0.491 e. The molecule has 128 valence electrons. The Hall–Kier alpha value is -1.62. The van der Waals surface area contributed by atoms with E-state index >= 15 is 0 Å². The number of aliphatic hydroxyl groups is 1. The summed E-state index contributed by atoms with van der Waals surface area (Å²) in [5.74, 6) is 1.26. The highest BCUT2D eigenvalue weighted by Gasteiger charge is 2.22. The van der Waals surface area contributed by atoms with E-state index in [4.69, 9.17) is 16.3 Å². The summed E-state index contributed by atoms with van der Waals surface area (Å²) in [7, 11) is 0. The maximum absolute atomic E-state index is 10.2. The number of benzene rings is 1. The number of rotatable bonds is 6. The second-order valence-electron chi connectivity index (χ2n) is 6.25. The molecular weight excluding hydrogens is 324 g/mol. The van der Waals surface area contributed by atoms with E-state index in [2.05, 4.69) is 16.0 Å². The molecular formula is C19H23ClN2O2. The number of pyridine rings is 1. The van der Waals surface area contributed by atoms with E-state index in [1.54, 1.807) is 12.1 Å². The molecule has 1 aliphatic heterocycles. The van der Waals surface area contributed by atoms with Crippen LogP contribution in [-0.4, -0.2) is 47.3 Å². The summed E-state index contributed by atoms with van der Waals surface area (Å²) in [4.78, 5) is 6.76. The van der Waals surface area contributed by atoms with Gasteiger partial charge in [-0.15, -0.1) is 0 Å². The summed E-state index contributed by atoms with van der Waals surface area (Å²) >= 11 is 5.84. The van der Waals surface area contributed by atoms with Crippen molar-refractivity contribution in [2.75, 3.05) is 26.2 Å². The molecule has 1 fully saturated rings. The van der Waals surface area contributed by atoms with Crippen molar-refractivity contribution in [2.45, 2.75) is 24.9 Å². The van der Waals surface area contributed by atoms with Crippen LogP contribution in [0.5, 0.6) is 5.75 Å². The van der Waals surface area contributed by atoms with E-state index in [0.717, 1.165) is 31.7 Å². The van der Waals surface area contributed by atoms with Gasteiger partial charge >= 0.3 is 0 Å². The van der Waals surface area contributed by atoms with Gasteiger partial charge in [0.05, 0.1) is 0 Å². The number of β-amino-alcohol motifs (C(OH)–C–C–N with tert-alkyl or cyclic N) is 1. The number of hydrogen-bond donors (Lipinski definition) is 1. The van der Waals surface area contributed by atoms with Gasteiger partial charge in [-0.3, -0.25) is 4.98 Å². The molecule has 2 heterocycles. The molecule has 1 N–H and O–H groups in total. The van der Waals surface area contributed by atoms with Gasteiger partial charge in [0, 0.05) is 29.4 Å². The van der Waals surface area contributed by atoms with E-state index in [1.165, 1.54) is 5.69 Å². The van der Waals surface area contributed by atoms with Gasteiger partial charge in [-0.2, -0.15) is 0 Å². The fraction of sp³-hybridized carbons (Fsp3) is 0.421. The molecule has 3 rings (SSSR count). The summed E-state index contributed by atoms with van der Waals surface area (Å²) in [5, 5.41) is 10.9. The molecule has 1 unspecified atom stereocenters. The Morgan fingerprint density at radius 2 is 1.92 bits per heavy atom. The van der Waals surface area contributed by atoms with Gasteiger partial charge in [0.25, 0.3) is 0 Å². The van der Waals surface area contributed by atoms with Crippen LogP contribution in [0.3, 0.4) is 0 Å².